The molecule has 0 amide bonds. The van der Waals surface area contributed by atoms with Crippen LogP contribution in [0.15, 0.2) is 40.3 Å². The summed E-state index contributed by atoms with van der Waals surface area (Å²) in [4.78, 5) is 5.55. The Balaban J connectivity index is 2.38. The number of benzene rings is 1. The number of nitrogens with one attached hydrogen (secondary N) is 1. The Morgan fingerprint density at radius 1 is 1.17 bits per heavy atom. The van der Waals surface area contributed by atoms with E-state index in [0.717, 1.165) is 9.92 Å². The molecule has 5 heteroatoms. The molecule has 1 aromatic carbocycles. The predicted octanol–water partition coefficient (Wildman–Crippen LogP) is 4.89. The van der Waals surface area contributed by atoms with Crippen LogP contribution in [0.2, 0.25) is 10.0 Å². The smallest absolute Gasteiger partial charge is 0.146 e. The molecule has 0 saturated carbocycles. The highest BCUT2D eigenvalue weighted by molar-refractivity contribution is 7.99. The first kappa shape index (κ1) is 13.5. The van der Waals surface area contributed by atoms with Crippen molar-refractivity contribution in [1.82, 2.24) is 4.98 Å². The second-order valence-electron chi connectivity index (χ2n) is 3.72. The van der Waals surface area contributed by atoms with Crippen molar-refractivity contribution in [3.8, 4) is 0 Å². The van der Waals surface area contributed by atoms with Gasteiger partial charge in [0.25, 0.3) is 0 Å². The first-order valence-corrected chi connectivity index (χ1v) is 6.96. The van der Waals surface area contributed by atoms with Gasteiger partial charge in [-0.25, -0.2) is 4.98 Å². The molecule has 18 heavy (non-hydrogen) atoms. The summed E-state index contributed by atoms with van der Waals surface area (Å²) < 4.78 is 0. The van der Waals surface area contributed by atoms with Gasteiger partial charge in [0.2, 0.25) is 0 Å². The van der Waals surface area contributed by atoms with Crippen LogP contribution in [0.5, 0.6) is 0 Å². The highest BCUT2D eigenvalue weighted by Crippen LogP contribution is 2.36. The van der Waals surface area contributed by atoms with E-state index in [4.69, 9.17) is 23.2 Å². The molecular formula is C13H12Cl2N2S. The standard InChI is InChI=1S/C13H12Cl2N2S/c1-8-5-3-4-6-11(8)18-13-10(15)7-9(14)12(16-2)17-13/h3-7H,1-2H3,(H,16,17). The lowest BCUT2D eigenvalue weighted by Crippen LogP contribution is -1.95. The molecular weight excluding hydrogens is 287 g/mol. The summed E-state index contributed by atoms with van der Waals surface area (Å²) in [6.45, 7) is 2.06. The molecule has 2 aromatic rings. The molecule has 0 radical (unpaired) electrons. The molecule has 0 aliphatic rings. The molecule has 0 saturated heterocycles. The maximum absolute atomic E-state index is 6.17. The maximum atomic E-state index is 6.17. The number of anilines is 1. The third-order valence-electron chi connectivity index (χ3n) is 2.43. The van der Waals surface area contributed by atoms with Crippen LogP contribution in [0.25, 0.3) is 0 Å². The quantitative estimate of drug-likeness (QED) is 0.873. The Morgan fingerprint density at radius 3 is 2.56 bits per heavy atom. The molecule has 0 fully saturated rings. The van der Waals surface area contributed by atoms with Crippen molar-refractivity contribution in [1.29, 1.82) is 0 Å². The Labute approximate surface area is 121 Å². The molecule has 0 unspecified atom stereocenters. The van der Waals surface area contributed by atoms with Gasteiger partial charge in [-0.15, -0.1) is 0 Å². The first-order chi connectivity index (χ1) is 8.61. The lowest BCUT2D eigenvalue weighted by atomic mass is 10.2. The third kappa shape index (κ3) is 2.91. The number of halogens is 2. The van der Waals surface area contributed by atoms with E-state index in [0.29, 0.717) is 15.9 Å². The van der Waals surface area contributed by atoms with E-state index in [1.807, 2.05) is 18.2 Å². The van der Waals surface area contributed by atoms with Crippen molar-refractivity contribution in [2.45, 2.75) is 16.8 Å². The van der Waals surface area contributed by atoms with Crippen molar-refractivity contribution in [2.75, 3.05) is 12.4 Å². The zero-order chi connectivity index (χ0) is 13.1. The van der Waals surface area contributed by atoms with Gasteiger partial charge in [0.1, 0.15) is 10.8 Å². The monoisotopic (exact) mass is 298 g/mol. The fourth-order valence-electron chi connectivity index (χ4n) is 1.47. The number of pyridine rings is 1. The molecule has 0 spiro atoms. The fraction of sp³-hybridized carbons (Fsp3) is 0.154. The number of hydrogen-bond donors (Lipinski definition) is 1. The average Bonchev–Trinajstić information content (AvgIpc) is 2.35. The highest BCUT2D eigenvalue weighted by Gasteiger charge is 2.10. The minimum atomic E-state index is 0.525. The molecule has 94 valence electrons. The fourth-order valence-corrected chi connectivity index (χ4v) is 2.92. The van der Waals surface area contributed by atoms with Crippen LogP contribution in [0.1, 0.15) is 5.56 Å². The first-order valence-electron chi connectivity index (χ1n) is 5.39. The lowest BCUT2D eigenvalue weighted by Gasteiger charge is -2.09. The van der Waals surface area contributed by atoms with Gasteiger partial charge in [0, 0.05) is 11.9 Å². The van der Waals surface area contributed by atoms with Gasteiger partial charge >= 0.3 is 0 Å². The van der Waals surface area contributed by atoms with E-state index < -0.39 is 0 Å². The predicted molar refractivity (Wildman–Crippen MR) is 79.1 cm³/mol. The van der Waals surface area contributed by atoms with Gasteiger partial charge in [-0.2, -0.15) is 0 Å². The van der Waals surface area contributed by atoms with Crippen LogP contribution in [0, 0.1) is 6.92 Å². The van der Waals surface area contributed by atoms with Crippen molar-refractivity contribution < 1.29 is 0 Å². The number of aromatic nitrogens is 1. The topological polar surface area (TPSA) is 24.9 Å². The second-order valence-corrected chi connectivity index (χ2v) is 5.57. The Morgan fingerprint density at radius 2 is 1.89 bits per heavy atom. The number of hydrogen-bond acceptors (Lipinski definition) is 3. The van der Waals surface area contributed by atoms with Gasteiger partial charge in [0.05, 0.1) is 10.0 Å². The van der Waals surface area contributed by atoms with E-state index in [9.17, 15) is 0 Å². The lowest BCUT2D eigenvalue weighted by molar-refractivity contribution is 1.12. The molecule has 1 heterocycles. The Kier molecular flexibility index (Phi) is 4.38. The zero-order valence-electron chi connectivity index (χ0n) is 10.00. The summed E-state index contributed by atoms with van der Waals surface area (Å²) in [6, 6.07) is 9.83. The van der Waals surface area contributed by atoms with Crippen LogP contribution in [0.4, 0.5) is 5.82 Å². The van der Waals surface area contributed by atoms with Gasteiger partial charge < -0.3 is 5.32 Å². The van der Waals surface area contributed by atoms with Crippen molar-refractivity contribution in [2.24, 2.45) is 0 Å². The largest absolute Gasteiger partial charge is 0.372 e. The summed E-state index contributed by atoms with van der Waals surface area (Å²) in [5.41, 5.74) is 1.20. The Bertz CT molecular complexity index is 573. The van der Waals surface area contributed by atoms with E-state index in [2.05, 4.69) is 23.3 Å². The molecule has 2 nitrogen and oxygen atoms in total. The van der Waals surface area contributed by atoms with E-state index >= 15 is 0 Å². The van der Waals surface area contributed by atoms with E-state index in [1.165, 1.54) is 17.3 Å². The number of rotatable bonds is 3. The Hall–Kier alpha value is -0.900. The highest BCUT2D eigenvalue weighted by atomic mass is 35.5. The van der Waals surface area contributed by atoms with Crippen LogP contribution in [-0.2, 0) is 0 Å². The van der Waals surface area contributed by atoms with Gasteiger partial charge in [-0.05, 0) is 24.6 Å². The minimum absolute atomic E-state index is 0.525. The van der Waals surface area contributed by atoms with Crippen molar-refractivity contribution in [3.05, 3.63) is 45.9 Å². The molecule has 0 aliphatic carbocycles. The van der Waals surface area contributed by atoms with E-state index in [-0.39, 0.29) is 0 Å². The molecule has 2 rings (SSSR count). The van der Waals surface area contributed by atoms with Crippen LogP contribution in [0.3, 0.4) is 0 Å². The maximum Gasteiger partial charge on any atom is 0.146 e. The third-order valence-corrected chi connectivity index (χ3v) is 4.31. The van der Waals surface area contributed by atoms with Gasteiger partial charge in [-0.1, -0.05) is 53.2 Å². The molecule has 1 aromatic heterocycles. The molecule has 0 bridgehead atoms. The average molecular weight is 299 g/mol. The van der Waals surface area contributed by atoms with Crippen LogP contribution >= 0.6 is 35.0 Å². The van der Waals surface area contributed by atoms with Crippen molar-refractivity contribution in [3.63, 3.8) is 0 Å². The summed E-state index contributed by atoms with van der Waals surface area (Å²) in [6.07, 6.45) is 0. The van der Waals surface area contributed by atoms with Crippen LogP contribution < -0.4 is 5.32 Å². The summed E-state index contributed by atoms with van der Waals surface area (Å²) >= 11 is 13.7. The number of aryl methyl sites for hydroxylation is 1. The van der Waals surface area contributed by atoms with E-state index in [1.54, 1.807) is 13.1 Å². The van der Waals surface area contributed by atoms with Crippen LogP contribution in [-0.4, -0.2) is 12.0 Å². The zero-order valence-corrected chi connectivity index (χ0v) is 12.3. The molecule has 1 N–H and O–H groups in total. The molecule has 0 atom stereocenters. The van der Waals surface area contributed by atoms with Gasteiger partial charge in [0.15, 0.2) is 0 Å². The van der Waals surface area contributed by atoms with Gasteiger partial charge in [-0.3, -0.25) is 0 Å². The molecule has 0 aliphatic heterocycles. The second kappa shape index (κ2) is 5.83. The number of nitrogens with zero attached hydrogens (tertiary/aromatic N) is 1. The summed E-state index contributed by atoms with van der Waals surface area (Å²) in [7, 11) is 1.78. The SMILES string of the molecule is CNc1nc(Sc2ccccc2C)c(Cl)cc1Cl. The van der Waals surface area contributed by atoms with Crippen molar-refractivity contribution >= 4 is 40.8 Å². The normalized spacial score (nSPS) is 10.4. The summed E-state index contributed by atoms with van der Waals surface area (Å²) in [5.74, 6) is 0.636. The minimum Gasteiger partial charge on any atom is -0.372 e. The summed E-state index contributed by atoms with van der Waals surface area (Å²) in [5, 5.41) is 4.78.